The Bertz CT molecular complexity index is 922. The normalized spacial score (nSPS) is 18.8. The van der Waals surface area contributed by atoms with E-state index in [0.29, 0.717) is 23.8 Å². The van der Waals surface area contributed by atoms with Crippen molar-refractivity contribution >= 4 is 17.4 Å². The van der Waals surface area contributed by atoms with Gasteiger partial charge < -0.3 is 4.90 Å². The molecule has 0 amide bonds. The lowest BCUT2D eigenvalue weighted by Gasteiger charge is -2.11. The van der Waals surface area contributed by atoms with Gasteiger partial charge in [0.1, 0.15) is 17.7 Å². The van der Waals surface area contributed by atoms with Crippen molar-refractivity contribution in [3.8, 4) is 17.2 Å². The lowest BCUT2D eigenvalue weighted by Crippen LogP contribution is -2.08. The smallest absolute Gasteiger partial charge is 0.200 e. The van der Waals surface area contributed by atoms with Gasteiger partial charge in [0.05, 0.1) is 23.5 Å². The van der Waals surface area contributed by atoms with E-state index in [1.807, 2.05) is 61.6 Å². The van der Waals surface area contributed by atoms with Crippen LogP contribution in [0.2, 0.25) is 0 Å². The van der Waals surface area contributed by atoms with Crippen LogP contribution in [-0.4, -0.2) is 46.3 Å². The monoisotopic (exact) mass is 369 g/mol. The van der Waals surface area contributed by atoms with Crippen molar-refractivity contribution < 1.29 is 4.39 Å². The molecule has 0 N–H and O–H groups in total. The first-order valence-electron chi connectivity index (χ1n) is 8.46. The van der Waals surface area contributed by atoms with Gasteiger partial charge in [0.25, 0.3) is 0 Å². The van der Waals surface area contributed by atoms with Crippen molar-refractivity contribution in [2.75, 3.05) is 25.3 Å². The topological polar surface area (TPSA) is 46.8 Å². The first-order chi connectivity index (χ1) is 12.6. The van der Waals surface area contributed by atoms with E-state index in [4.69, 9.17) is 0 Å². The Morgan fingerprint density at radius 3 is 2.58 bits per heavy atom. The van der Waals surface area contributed by atoms with Gasteiger partial charge in [-0.3, -0.25) is 4.98 Å². The number of benzene rings is 1. The summed E-state index contributed by atoms with van der Waals surface area (Å²) in [5, 5.41) is 4.68. The van der Waals surface area contributed by atoms with Crippen LogP contribution in [0, 0.1) is 0 Å². The third-order valence-corrected chi connectivity index (χ3v) is 5.27. The standard InChI is InChI=1S/C19H20FN5S/c1-24(2)12-8-9-15(21-11-12)18-22-19(13-10-14(13)20)25(23-18)16-6-4-5-7-17(16)26-3/h4-9,11,13-14H,10H2,1-3H3/t13-,14-/m1/s1. The molecule has 1 fully saturated rings. The molecular formula is C19H20FN5S. The van der Waals surface area contributed by atoms with E-state index >= 15 is 0 Å². The van der Waals surface area contributed by atoms with Crippen LogP contribution in [0.15, 0.2) is 47.5 Å². The van der Waals surface area contributed by atoms with Crippen molar-refractivity contribution in [2.24, 2.45) is 0 Å². The van der Waals surface area contributed by atoms with Crippen molar-refractivity contribution in [3.05, 3.63) is 48.4 Å². The van der Waals surface area contributed by atoms with Gasteiger partial charge >= 0.3 is 0 Å². The van der Waals surface area contributed by atoms with Crippen LogP contribution in [0.1, 0.15) is 18.2 Å². The summed E-state index contributed by atoms with van der Waals surface area (Å²) >= 11 is 1.64. The van der Waals surface area contributed by atoms with E-state index < -0.39 is 6.17 Å². The first-order valence-corrected chi connectivity index (χ1v) is 9.69. The molecule has 7 heteroatoms. The molecule has 2 heterocycles. The number of rotatable bonds is 5. The number of thioether (sulfide) groups is 1. The van der Waals surface area contributed by atoms with Crippen molar-refractivity contribution in [1.82, 2.24) is 19.7 Å². The van der Waals surface area contributed by atoms with Crippen LogP contribution < -0.4 is 4.90 Å². The predicted molar refractivity (Wildman–Crippen MR) is 103 cm³/mol. The first kappa shape index (κ1) is 17.0. The Morgan fingerprint density at radius 1 is 1.19 bits per heavy atom. The third-order valence-electron chi connectivity index (χ3n) is 4.48. The van der Waals surface area contributed by atoms with E-state index in [2.05, 4.69) is 15.1 Å². The van der Waals surface area contributed by atoms with E-state index in [1.54, 1.807) is 22.6 Å². The Morgan fingerprint density at radius 2 is 1.96 bits per heavy atom. The number of hydrogen-bond acceptors (Lipinski definition) is 5. The second-order valence-corrected chi connectivity index (χ2v) is 7.38. The zero-order valence-corrected chi connectivity index (χ0v) is 15.7. The SMILES string of the molecule is CSc1ccccc1-n1nc(-c2ccc(N(C)C)cn2)nc1[C@@H]1C[C@H]1F. The molecule has 1 aliphatic rings. The highest BCUT2D eigenvalue weighted by Crippen LogP contribution is 2.44. The maximum Gasteiger partial charge on any atom is 0.200 e. The molecule has 0 aliphatic heterocycles. The van der Waals surface area contributed by atoms with Crippen LogP contribution >= 0.6 is 11.8 Å². The molecule has 4 rings (SSSR count). The quantitative estimate of drug-likeness (QED) is 0.638. The summed E-state index contributed by atoms with van der Waals surface area (Å²) < 4.78 is 15.6. The fourth-order valence-corrected chi connectivity index (χ4v) is 3.45. The highest BCUT2D eigenvalue weighted by molar-refractivity contribution is 7.98. The molecule has 5 nitrogen and oxygen atoms in total. The molecule has 1 saturated carbocycles. The summed E-state index contributed by atoms with van der Waals surface area (Å²) in [6, 6.07) is 11.9. The number of halogens is 1. The number of aromatic nitrogens is 4. The third kappa shape index (κ3) is 3.07. The maximum absolute atomic E-state index is 13.8. The molecule has 0 spiro atoms. The molecule has 2 atom stereocenters. The predicted octanol–water partition coefficient (Wildman–Crippen LogP) is 3.94. The van der Waals surface area contributed by atoms with Crippen LogP contribution in [-0.2, 0) is 0 Å². The van der Waals surface area contributed by atoms with Gasteiger partial charge in [-0.25, -0.2) is 14.1 Å². The van der Waals surface area contributed by atoms with E-state index in [-0.39, 0.29) is 5.92 Å². The highest BCUT2D eigenvalue weighted by Gasteiger charge is 2.43. The van der Waals surface area contributed by atoms with E-state index in [1.165, 1.54) is 0 Å². The lowest BCUT2D eigenvalue weighted by molar-refractivity contribution is 0.463. The molecule has 0 saturated heterocycles. The number of nitrogens with zero attached hydrogens (tertiary/aromatic N) is 5. The van der Waals surface area contributed by atoms with E-state index in [0.717, 1.165) is 16.3 Å². The molecule has 2 aromatic heterocycles. The fraction of sp³-hybridized carbons (Fsp3) is 0.316. The molecule has 0 unspecified atom stereocenters. The van der Waals surface area contributed by atoms with Gasteiger partial charge in [-0.2, -0.15) is 0 Å². The van der Waals surface area contributed by atoms with Gasteiger partial charge in [0, 0.05) is 19.0 Å². The van der Waals surface area contributed by atoms with Gasteiger partial charge in [0.15, 0.2) is 5.82 Å². The largest absolute Gasteiger partial charge is 0.376 e. The summed E-state index contributed by atoms with van der Waals surface area (Å²) in [4.78, 5) is 12.2. The lowest BCUT2D eigenvalue weighted by atomic mass is 10.3. The zero-order chi connectivity index (χ0) is 18.3. The molecule has 1 aliphatic carbocycles. The molecular weight excluding hydrogens is 349 g/mol. The minimum absolute atomic E-state index is 0.188. The zero-order valence-electron chi connectivity index (χ0n) is 14.9. The fourth-order valence-electron chi connectivity index (χ4n) is 2.87. The second-order valence-electron chi connectivity index (χ2n) is 6.53. The van der Waals surface area contributed by atoms with Crippen LogP contribution in [0.5, 0.6) is 0 Å². The van der Waals surface area contributed by atoms with Gasteiger partial charge in [-0.15, -0.1) is 16.9 Å². The Labute approximate surface area is 156 Å². The van der Waals surface area contributed by atoms with Crippen molar-refractivity contribution in [2.45, 2.75) is 23.4 Å². The van der Waals surface area contributed by atoms with Gasteiger partial charge in [-0.1, -0.05) is 12.1 Å². The number of alkyl halides is 1. The Balaban J connectivity index is 1.79. The molecule has 0 bridgehead atoms. The summed E-state index contributed by atoms with van der Waals surface area (Å²) in [6.45, 7) is 0. The number of hydrogen-bond donors (Lipinski definition) is 0. The molecule has 0 radical (unpaired) electrons. The average molecular weight is 369 g/mol. The minimum Gasteiger partial charge on any atom is -0.376 e. The molecule has 26 heavy (non-hydrogen) atoms. The Hall–Kier alpha value is -2.41. The van der Waals surface area contributed by atoms with Crippen LogP contribution in [0.3, 0.4) is 0 Å². The molecule has 3 aromatic rings. The second kappa shape index (κ2) is 6.72. The summed E-state index contributed by atoms with van der Waals surface area (Å²) in [7, 11) is 3.94. The van der Waals surface area contributed by atoms with E-state index in [9.17, 15) is 4.39 Å². The minimum atomic E-state index is -0.837. The Kier molecular flexibility index (Phi) is 4.40. The summed E-state index contributed by atoms with van der Waals surface area (Å²) in [6.07, 6.45) is 3.48. The van der Waals surface area contributed by atoms with Gasteiger partial charge in [-0.05, 0) is 36.9 Å². The molecule has 134 valence electrons. The number of pyridine rings is 1. The maximum atomic E-state index is 13.8. The average Bonchev–Trinajstić information content (AvgIpc) is 3.23. The van der Waals surface area contributed by atoms with Crippen LogP contribution in [0.25, 0.3) is 17.2 Å². The van der Waals surface area contributed by atoms with Gasteiger partial charge in [0.2, 0.25) is 0 Å². The number of para-hydroxylation sites is 1. The van der Waals surface area contributed by atoms with Crippen molar-refractivity contribution in [3.63, 3.8) is 0 Å². The van der Waals surface area contributed by atoms with Crippen LogP contribution in [0.4, 0.5) is 10.1 Å². The summed E-state index contributed by atoms with van der Waals surface area (Å²) in [5.74, 6) is 1.01. The highest BCUT2D eigenvalue weighted by atomic mass is 32.2. The summed E-state index contributed by atoms with van der Waals surface area (Å²) in [5.41, 5.74) is 2.62. The van der Waals surface area contributed by atoms with Crippen molar-refractivity contribution in [1.29, 1.82) is 0 Å². The number of anilines is 1. The molecule has 1 aromatic carbocycles.